The molecule has 1 fully saturated rings. The lowest BCUT2D eigenvalue weighted by Gasteiger charge is -2.35. The van der Waals surface area contributed by atoms with Crippen LogP contribution in [0.15, 0.2) is 0 Å². The topological polar surface area (TPSA) is 47.6 Å². The van der Waals surface area contributed by atoms with Gasteiger partial charge in [0.15, 0.2) is 0 Å². The Kier molecular flexibility index (Phi) is 4.54. The molecule has 0 radical (unpaired) electrons. The predicted octanol–water partition coefficient (Wildman–Crippen LogP) is 1.65. The van der Waals surface area contributed by atoms with E-state index >= 15 is 0 Å². The van der Waals surface area contributed by atoms with Crippen LogP contribution in [-0.2, 0) is 14.3 Å². The minimum Gasteiger partial charge on any atom is -0.333 e. The summed E-state index contributed by atoms with van der Waals surface area (Å²) in [5, 5.41) is 2.70. The number of hydrogen-bond donors (Lipinski definition) is 1. The molecule has 1 N–H and O–H groups in total. The summed E-state index contributed by atoms with van der Waals surface area (Å²) in [6.45, 7) is 7.81. The van der Waals surface area contributed by atoms with Gasteiger partial charge in [-0.2, -0.15) is 0 Å². The fourth-order valence-corrected chi connectivity index (χ4v) is 1.64. The van der Waals surface area contributed by atoms with Crippen molar-refractivity contribution in [2.45, 2.75) is 59.2 Å². The van der Waals surface area contributed by atoms with Crippen molar-refractivity contribution in [3.8, 4) is 0 Å². The molecule has 1 saturated heterocycles. The first-order valence-corrected chi connectivity index (χ1v) is 5.66. The summed E-state index contributed by atoms with van der Waals surface area (Å²) in [4.78, 5) is 11.6. The van der Waals surface area contributed by atoms with Crippen LogP contribution in [-0.4, -0.2) is 24.5 Å². The van der Waals surface area contributed by atoms with Crippen LogP contribution in [0.4, 0.5) is 0 Å². The first-order chi connectivity index (χ1) is 7.04. The van der Waals surface area contributed by atoms with Crippen molar-refractivity contribution in [2.75, 3.05) is 0 Å². The van der Waals surface area contributed by atoms with E-state index in [0.717, 1.165) is 12.8 Å². The molecule has 0 aromatic heterocycles. The molecule has 1 aliphatic rings. The largest absolute Gasteiger partial charge is 0.333 e. The van der Waals surface area contributed by atoms with Gasteiger partial charge >= 0.3 is 0 Å². The van der Waals surface area contributed by atoms with Gasteiger partial charge in [0.1, 0.15) is 0 Å². The summed E-state index contributed by atoms with van der Waals surface area (Å²) < 4.78 is 11.1. The molecule has 0 aromatic carbocycles. The van der Waals surface area contributed by atoms with Gasteiger partial charge in [0.25, 0.3) is 0 Å². The van der Waals surface area contributed by atoms with Gasteiger partial charge in [-0.3, -0.25) is 4.79 Å². The minimum absolute atomic E-state index is 0.0188. The van der Waals surface area contributed by atoms with Crippen LogP contribution in [0.2, 0.25) is 0 Å². The highest BCUT2D eigenvalue weighted by Crippen LogP contribution is 2.20. The molecule has 0 saturated carbocycles. The van der Waals surface area contributed by atoms with Crippen molar-refractivity contribution in [3.05, 3.63) is 0 Å². The standard InChI is InChI=1S/C11H21NO3/c1-5-6-9-8(4)10(13)12-11(15-9)14-7(2)3/h7-9,11H,5-6H2,1-4H3,(H,12,13)/t8-,9+,11+/m0/s1. The van der Waals surface area contributed by atoms with Crippen LogP contribution in [0, 0.1) is 5.92 Å². The van der Waals surface area contributed by atoms with Crippen molar-refractivity contribution in [3.63, 3.8) is 0 Å². The zero-order valence-corrected chi connectivity index (χ0v) is 9.95. The molecular formula is C11H21NO3. The summed E-state index contributed by atoms with van der Waals surface area (Å²) >= 11 is 0. The Morgan fingerprint density at radius 3 is 2.73 bits per heavy atom. The van der Waals surface area contributed by atoms with Crippen LogP contribution < -0.4 is 5.32 Å². The Hall–Kier alpha value is -0.610. The van der Waals surface area contributed by atoms with Crippen molar-refractivity contribution >= 4 is 5.91 Å². The molecule has 1 heterocycles. The Morgan fingerprint density at radius 2 is 2.20 bits per heavy atom. The third kappa shape index (κ3) is 3.47. The van der Waals surface area contributed by atoms with Crippen LogP contribution in [0.1, 0.15) is 40.5 Å². The van der Waals surface area contributed by atoms with E-state index in [2.05, 4.69) is 12.2 Å². The molecule has 4 nitrogen and oxygen atoms in total. The highest BCUT2D eigenvalue weighted by Gasteiger charge is 2.34. The van der Waals surface area contributed by atoms with E-state index in [1.165, 1.54) is 0 Å². The number of rotatable bonds is 4. The number of ether oxygens (including phenoxy) is 2. The van der Waals surface area contributed by atoms with E-state index in [-0.39, 0.29) is 24.0 Å². The van der Waals surface area contributed by atoms with E-state index in [1.54, 1.807) is 0 Å². The first kappa shape index (κ1) is 12.5. The number of carbonyl (C=O) groups is 1. The number of carbonyl (C=O) groups excluding carboxylic acids is 1. The third-order valence-corrected chi connectivity index (χ3v) is 2.50. The van der Waals surface area contributed by atoms with Gasteiger partial charge in [-0.15, -0.1) is 0 Å². The average molecular weight is 215 g/mol. The fourth-order valence-electron chi connectivity index (χ4n) is 1.64. The van der Waals surface area contributed by atoms with E-state index < -0.39 is 6.41 Å². The normalized spacial score (nSPS) is 31.8. The maximum atomic E-state index is 11.6. The van der Waals surface area contributed by atoms with Gasteiger partial charge in [-0.25, -0.2) is 0 Å². The van der Waals surface area contributed by atoms with Crippen LogP contribution in [0.3, 0.4) is 0 Å². The summed E-state index contributed by atoms with van der Waals surface area (Å²) in [7, 11) is 0. The van der Waals surface area contributed by atoms with Gasteiger partial charge in [-0.1, -0.05) is 20.3 Å². The SMILES string of the molecule is CCC[C@H]1O[C@@H](OC(C)C)NC(=O)[C@H]1C. The van der Waals surface area contributed by atoms with Gasteiger partial charge < -0.3 is 14.8 Å². The van der Waals surface area contributed by atoms with Gasteiger partial charge in [-0.05, 0) is 20.3 Å². The van der Waals surface area contributed by atoms with E-state index in [4.69, 9.17) is 9.47 Å². The molecule has 0 aromatic rings. The summed E-state index contributed by atoms with van der Waals surface area (Å²) in [6.07, 6.45) is 1.35. The van der Waals surface area contributed by atoms with Crippen LogP contribution in [0.5, 0.6) is 0 Å². The molecule has 3 atom stereocenters. The maximum absolute atomic E-state index is 11.6. The van der Waals surface area contributed by atoms with Gasteiger partial charge in [0.2, 0.25) is 12.3 Å². The molecule has 0 unspecified atom stereocenters. The smallest absolute Gasteiger partial charge is 0.240 e. The Labute approximate surface area is 91.3 Å². The fraction of sp³-hybridized carbons (Fsp3) is 0.909. The molecule has 0 bridgehead atoms. The lowest BCUT2D eigenvalue weighted by molar-refractivity contribution is -0.231. The molecule has 15 heavy (non-hydrogen) atoms. The highest BCUT2D eigenvalue weighted by molar-refractivity contribution is 5.79. The lowest BCUT2D eigenvalue weighted by Crippen LogP contribution is -2.53. The molecule has 0 spiro atoms. The Morgan fingerprint density at radius 1 is 1.53 bits per heavy atom. The highest BCUT2D eigenvalue weighted by atomic mass is 16.7. The molecular weight excluding hydrogens is 194 g/mol. The van der Waals surface area contributed by atoms with E-state index in [9.17, 15) is 4.79 Å². The van der Waals surface area contributed by atoms with Crippen molar-refractivity contribution in [2.24, 2.45) is 5.92 Å². The average Bonchev–Trinajstić information content (AvgIpc) is 2.12. The summed E-state index contributed by atoms with van der Waals surface area (Å²) in [5.41, 5.74) is 0. The predicted molar refractivity (Wildman–Crippen MR) is 57.1 cm³/mol. The van der Waals surface area contributed by atoms with Gasteiger partial charge in [0.05, 0.1) is 18.1 Å². The lowest BCUT2D eigenvalue weighted by atomic mass is 9.98. The molecule has 1 amide bonds. The maximum Gasteiger partial charge on any atom is 0.240 e. The van der Waals surface area contributed by atoms with Crippen molar-refractivity contribution < 1.29 is 14.3 Å². The zero-order valence-electron chi connectivity index (χ0n) is 9.95. The molecule has 1 rings (SSSR count). The quantitative estimate of drug-likeness (QED) is 0.775. The van der Waals surface area contributed by atoms with E-state index in [0.29, 0.717) is 0 Å². The number of amides is 1. The van der Waals surface area contributed by atoms with Crippen molar-refractivity contribution in [1.82, 2.24) is 5.32 Å². The molecule has 88 valence electrons. The molecule has 0 aliphatic carbocycles. The number of hydrogen-bond acceptors (Lipinski definition) is 3. The second-order valence-corrected chi connectivity index (χ2v) is 4.28. The number of nitrogens with one attached hydrogen (secondary N) is 1. The zero-order chi connectivity index (χ0) is 11.4. The summed E-state index contributed by atoms with van der Waals surface area (Å²) in [6, 6.07) is 0. The molecule has 4 heteroatoms. The van der Waals surface area contributed by atoms with Crippen LogP contribution >= 0.6 is 0 Å². The van der Waals surface area contributed by atoms with E-state index in [1.807, 2.05) is 20.8 Å². The van der Waals surface area contributed by atoms with Crippen molar-refractivity contribution in [1.29, 1.82) is 0 Å². The minimum atomic E-state index is -0.578. The summed E-state index contributed by atoms with van der Waals surface area (Å²) in [5.74, 6) is -0.0673. The third-order valence-electron chi connectivity index (χ3n) is 2.50. The van der Waals surface area contributed by atoms with Gasteiger partial charge in [0, 0.05) is 0 Å². The first-order valence-electron chi connectivity index (χ1n) is 5.66. The molecule has 1 aliphatic heterocycles. The second-order valence-electron chi connectivity index (χ2n) is 4.28. The Balaban J connectivity index is 2.54. The Bertz CT molecular complexity index is 218. The monoisotopic (exact) mass is 215 g/mol. The second kappa shape index (κ2) is 5.47. The van der Waals surface area contributed by atoms with Crippen LogP contribution in [0.25, 0.3) is 0 Å².